The van der Waals surface area contributed by atoms with Crippen molar-refractivity contribution in [3.8, 4) is 0 Å². The molecule has 0 amide bonds. The van der Waals surface area contributed by atoms with E-state index < -0.39 is 0 Å². The molecule has 94 valence electrons. The molecule has 1 atom stereocenters. The number of rotatable bonds is 6. The summed E-state index contributed by atoms with van der Waals surface area (Å²) >= 11 is 0. The Labute approximate surface area is 103 Å². The van der Waals surface area contributed by atoms with E-state index in [0.717, 1.165) is 31.2 Å². The Balaban J connectivity index is 1.71. The lowest BCUT2D eigenvalue weighted by Gasteiger charge is -2.15. The lowest BCUT2D eigenvalue weighted by Crippen LogP contribution is -2.27. The van der Waals surface area contributed by atoms with Crippen LogP contribution in [-0.4, -0.2) is 41.3 Å². The zero-order valence-electron chi connectivity index (χ0n) is 10.6. The summed E-state index contributed by atoms with van der Waals surface area (Å²) in [5, 5.41) is 11.6. The van der Waals surface area contributed by atoms with Gasteiger partial charge in [-0.1, -0.05) is 6.92 Å². The highest BCUT2D eigenvalue weighted by Gasteiger charge is 2.22. The summed E-state index contributed by atoms with van der Waals surface area (Å²) in [5.41, 5.74) is 1.08. The van der Waals surface area contributed by atoms with Gasteiger partial charge in [0, 0.05) is 19.3 Å². The molecule has 2 rings (SSSR count). The van der Waals surface area contributed by atoms with Gasteiger partial charge in [-0.25, -0.2) is 0 Å². The van der Waals surface area contributed by atoms with E-state index in [1.165, 1.54) is 25.9 Å². The zero-order valence-corrected chi connectivity index (χ0v) is 10.6. The van der Waals surface area contributed by atoms with E-state index in [0.29, 0.717) is 0 Å². The van der Waals surface area contributed by atoms with Crippen LogP contribution in [0, 0.1) is 5.92 Å². The second-order valence-corrected chi connectivity index (χ2v) is 4.81. The molecule has 1 saturated heterocycles. The molecule has 0 aromatic carbocycles. The highest BCUT2D eigenvalue weighted by molar-refractivity contribution is 4.99. The fourth-order valence-electron chi connectivity index (χ4n) is 2.35. The van der Waals surface area contributed by atoms with Gasteiger partial charge >= 0.3 is 0 Å². The lowest BCUT2D eigenvalue weighted by molar-refractivity contribution is 0.309. The first kappa shape index (κ1) is 12.5. The van der Waals surface area contributed by atoms with Crippen molar-refractivity contribution in [1.29, 1.82) is 0 Å². The van der Waals surface area contributed by atoms with Gasteiger partial charge in [-0.15, -0.1) is 0 Å². The van der Waals surface area contributed by atoms with Crippen LogP contribution in [0.2, 0.25) is 0 Å². The summed E-state index contributed by atoms with van der Waals surface area (Å²) in [4.78, 5) is 2.47. The molecule has 17 heavy (non-hydrogen) atoms. The Bertz CT molecular complexity index is 314. The van der Waals surface area contributed by atoms with Gasteiger partial charge < -0.3 is 5.32 Å². The topological polar surface area (TPSA) is 41.0 Å². The predicted octanol–water partition coefficient (Wildman–Crippen LogP) is 1.30. The highest BCUT2D eigenvalue weighted by atomic mass is 15.2. The third kappa shape index (κ3) is 4.06. The average molecular weight is 234 g/mol. The molecule has 0 radical (unpaired) electrons. The first-order chi connectivity index (χ1) is 8.38. The summed E-state index contributed by atoms with van der Waals surface area (Å²) in [5.74, 6) is 0.804. The van der Waals surface area contributed by atoms with Gasteiger partial charge in [-0.2, -0.15) is 10.2 Å². The van der Waals surface area contributed by atoms with Crippen LogP contribution in [0.5, 0.6) is 0 Å². The number of hydrogen-bond acceptors (Lipinski definition) is 4. The van der Waals surface area contributed by atoms with Gasteiger partial charge in [0.1, 0.15) is 0 Å². The van der Waals surface area contributed by atoms with Gasteiger partial charge in [0.2, 0.25) is 0 Å². The third-order valence-corrected chi connectivity index (χ3v) is 3.24. The molecule has 1 aliphatic rings. The van der Waals surface area contributed by atoms with Crippen molar-refractivity contribution in [2.24, 2.45) is 5.92 Å². The quantitative estimate of drug-likeness (QED) is 0.753. The maximum Gasteiger partial charge on any atom is 0.0771 e. The minimum absolute atomic E-state index is 0.804. The fraction of sp³-hybridized carbons (Fsp3) is 0.692. The highest BCUT2D eigenvalue weighted by Crippen LogP contribution is 2.17. The van der Waals surface area contributed by atoms with Crippen molar-refractivity contribution in [3.05, 3.63) is 24.0 Å². The van der Waals surface area contributed by atoms with Crippen LogP contribution in [0.1, 0.15) is 25.5 Å². The van der Waals surface area contributed by atoms with Gasteiger partial charge in [-0.05, 0) is 50.5 Å². The van der Waals surface area contributed by atoms with E-state index in [1.807, 2.05) is 6.07 Å². The maximum absolute atomic E-state index is 4.14. The summed E-state index contributed by atoms with van der Waals surface area (Å²) < 4.78 is 0. The summed E-state index contributed by atoms with van der Waals surface area (Å²) in [7, 11) is 0. The molecule has 0 bridgehead atoms. The molecule has 0 saturated carbocycles. The van der Waals surface area contributed by atoms with Crippen molar-refractivity contribution < 1.29 is 0 Å². The van der Waals surface area contributed by atoms with Crippen LogP contribution in [0.25, 0.3) is 0 Å². The first-order valence-corrected chi connectivity index (χ1v) is 6.58. The van der Waals surface area contributed by atoms with Crippen LogP contribution in [0.4, 0.5) is 0 Å². The average Bonchev–Trinajstić information content (AvgIpc) is 2.79. The van der Waals surface area contributed by atoms with E-state index in [-0.39, 0.29) is 0 Å². The number of hydrogen-bond donors (Lipinski definition) is 1. The van der Waals surface area contributed by atoms with Gasteiger partial charge in [-0.3, -0.25) is 4.90 Å². The van der Waals surface area contributed by atoms with Crippen LogP contribution < -0.4 is 5.32 Å². The number of nitrogens with zero attached hydrogens (tertiary/aromatic N) is 3. The van der Waals surface area contributed by atoms with Gasteiger partial charge in [0.05, 0.1) is 5.69 Å². The van der Waals surface area contributed by atoms with Crippen LogP contribution in [0.15, 0.2) is 18.3 Å². The SMILES string of the molecule is CCCNCC1CCN(Cc2cccnn2)C1. The van der Waals surface area contributed by atoms with Crippen LogP contribution in [-0.2, 0) is 6.54 Å². The Kier molecular flexibility index (Phi) is 4.88. The van der Waals surface area contributed by atoms with Crippen molar-refractivity contribution in [2.45, 2.75) is 26.3 Å². The molecule has 4 nitrogen and oxygen atoms in total. The third-order valence-electron chi connectivity index (χ3n) is 3.24. The summed E-state index contributed by atoms with van der Waals surface area (Å²) in [6, 6.07) is 4.01. The Morgan fingerprint density at radius 1 is 1.53 bits per heavy atom. The summed E-state index contributed by atoms with van der Waals surface area (Å²) in [6.07, 6.45) is 4.25. The molecule has 4 heteroatoms. The van der Waals surface area contributed by atoms with Crippen molar-refractivity contribution >= 4 is 0 Å². The fourth-order valence-corrected chi connectivity index (χ4v) is 2.35. The monoisotopic (exact) mass is 234 g/mol. The Morgan fingerprint density at radius 3 is 3.24 bits per heavy atom. The maximum atomic E-state index is 4.14. The minimum Gasteiger partial charge on any atom is -0.316 e. The van der Waals surface area contributed by atoms with Crippen LogP contribution in [0.3, 0.4) is 0 Å². The van der Waals surface area contributed by atoms with Gasteiger partial charge in [0.15, 0.2) is 0 Å². The second-order valence-electron chi connectivity index (χ2n) is 4.81. The molecule has 0 aliphatic carbocycles. The van der Waals surface area contributed by atoms with E-state index in [1.54, 1.807) is 6.20 Å². The lowest BCUT2D eigenvalue weighted by atomic mass is 10.1. The Morgan fingerprint density at radius 2 is 2.47 bits per heavy atom. The van der Waals surface area contributed by atoms with E-state index >= 15 is 0 Å². The molecule has 1 N–H and O–H groups in total. The standard InChI is InChI=1S/C13H22N4/c1-2-6-14-9-12-5-8-17(10-12)11-13-4-3-7-15-16-13/h3-4,7,12,14H,2,5-6,8-11H2,1H3. The van der Waals surface area contributed by atoms with Crippen molar-refractivity contribution in [2.75, 3.05) is 26.2 Å². The smallest absolute Gasteiger partial charge is 0.0771 e. The number of nitrogens with one attached hydrogen (secondary N) is 1. The first-order valence-electron chi connectivity index (χ1n) is 6.58. The molecule has 1 unspecified atom stereocenters. The number of likely N-dealkylation sites (tertiary alicyclic amines) is 1. The molecule has 1 aliphatic heterocycles. The molecule has 1 aromatic rings. The molecule has 0 spiro atoms. The van der Waals surface area contributed by atoms with Crippen molar-refractivity contribution in [1.82, 2.24) is 20.4 Å². The van der Waals surface area contributed by atoms with Crippen molar-refractivity contribution in [3.63, 3.8) is 0 Å². The molecular weight excluding hydrogens is 212 g/mol. The molecule has 1 fully saturated rings. The molecule has 2 heterocycles. The van der Waals surface area contributed by atoms with E-state index in [2.05, 4.69) is 33.4 Å². The van der Waals surface area contributed by atoms with E-state index in [4.69, 9.17) is 0 Å². The predicted molar refractivity (Wildman–Crippen MR) is 68.6 cm³/mol. The largest absolute Gasteiger partial charge is 0.316 e. The van der Waals surface area contributed by atoms with E-state index in [9.17, 15) is 0 Å². The number of aromatic nitrogens is 2. The van der Waals surface area contributed by atoms with Gasteiger partial charge in [0.25, 0.3) is 0 Å². The zero-order chi connectivity index (χ0) is 11.9. The second kappa shape index (κ2) is 6.67. The molecular formula is C13H22N4. The van der Waals surface area contributed by atoms with Crippen LogP contribution >= 0.6 is 0 Å². The Hall–Kier alpha value is -1.00. The molecule has 1 aromatic heterocycles. The normalized spacial score (nSPS) is 20.9. The summed E-state index contributed by atoms with van der Waals surface area (Å²) in [6.45, 7) is 7.83. The minimum atomic E-state index is 0.804.